The molecule has 0 aromatic heterocycles. The van der Waals surface area contributed by atoms with E-state index in [-0.39, 0.29) is 0 Å². The molecule has 0 heterocycles. The van der Waals surface area contributed by atoms with Crippen molar-refractivity contribution in [3.63, 3.8) is 0 Å². The Kier molecular flexibility index (Phi) is 5.19. The van der Waals surface area contributed by atoms with Crippen molar-refractivity contribution < 1.29 is 4.74 Å². The molecule has 1 aromatic carbocycles. The Balaban J connectivity index is 2.72. The first-order chi connectivity index (χ1) is 7.31. The first kappa shape index (κ1) is 12.1. The Morgan fingerprint density at radius 1 is 1.27 bits per heavy atom. The molecule has 1 aromatic rings. The monoisotopic (exact) mass is 207 g/mol. The first-order valence-electron chi connectivity index (χ1n) is 5.64. The van der Waals surface area contributed by atoms with Gasteiger partial charge in [-0.15, -0.1) is 0 Å². The molecule has 0 fully saturated rings. The number of hydrogen-bond donors (Lipinski definition) is 0. The highest BCUT2D eigenvalue weighted by Crippen LogP contribution is 2.16. The molecule has 84 valence electrons. The van der Waals surface area contributed by atoms with Gasteiger partial charge in [0.25, 0.3) is 0 Å². The Morgan fingerprint density at radius 3 is 2.67 bits per heavy atom. The summed E-state index contributed by atoms with van der Waals surface area (Å²) in [5, 5.41) is 0. The third-order valence-corrected chi connectivity index (χ3v) is 2.63. The van der Waals surface area contributed by atoms with Crippen molar-refractivity contribution in [1.82, 2.24) is 0 Å². The summed E-state index contributed by atoms with van der Waals surface area (Å²) in [5.74, 6) is 0. The molecule has 0 aliphatic heterocycles. The van der Waals surface area contributed by atoms with Crippen LogP contribution in [0.1, 0.15) is 19.4 Å². The van der Waals surface area contributed by atoms with Crippen LogP contribution in [0, 0.1) is 0 Å². The van der Waals surface area contributed by atoms with Gasteiger partial charge >= 0.3 is 0 Å². The number of methoxy groups -OCH3 is 1. The Labute approximate surface area is 92.9 Å². The highest BCUT2D eigenvalue weighted by Gasteiger charge is 2.03. The molecule has 0 atom stereocenters. The van der Waals surface area contributed by atoms with Crippen molar-refractivity contribution in [2.75, 3.05) is 31.7 Å². The third-order valence-electron chi connectivity index (χ3n) is 2.63. The van der Waals surface area contributed by atoms with E-state index in [1.165, 1.54) is 11.3 Å². The van der Waals surface area contributed by atoms with E-state index in [1.54, 1.807) is 7.11 Å². The second-order valence-corrected chi connectivity index (χ2v) is 3.60. The van der Waals surface area contributed by atoms with Gasteiger partial charge < -0.3 is 9.64 Å². The minimum Gasteiger partial charge on any atom is -0.383 e. The van der Waals surface area contributed by atoms with Gasteiger partial charge in [0.05, 0.1) is 6.61 Å². The number of ether oxygens (including phenoxy) is 1. The van der Waals surface area contributed by atoms with Gasteiger partial charge in [0.15, 0.2) is 0 Å². The second-order valence-electron chi connectivity index (χ2n) is 3.60. The average molecular weight is 207 g/mol. The molecule has 0 bridgehead atoms. The number of benzene rings is 1. The van der Waals surface area contributed by atoms with Crippen LogP contribution in [0.5, 0.6) is 0 Å². The van der Waals surface area contributed by atoms with E-state index in [2.05, 4.69) is 43.0 Å². The van der Waals surface area contributed by atoms with E-state index in [1.807, 2.05) is 0 Å². The van der Waals surface area contributed by atoms with Crippen molar-refractivity contribution in [2.24, 2.45) is 0 Å². The zero-order chi connectivity index (χ0) is 11.1. The molecule has 1 rings (SSSR count). The Hall–Kier alpha value is -1.02. The normalized spacial score (nSPS) is 10.3. The molecule has 0 amide bonds. The van der Waals surface area contributed by atoms with Crippen LogP contribution in [-0.2, 0) is 11.2 Å². The van der Waals surface area contributed by atoms with Gasteiger partial charge in [-0.2, -0.15) is 0 Å². The van der Waals surface area contributed by atoms with Crippen LogP contribution >= 0.6 is 0 Å². The van der Waals surface area contributed by atoms with Gasteiger partial charge in [-0.05, 0) is 31.0 Å². The summed E-state index contributed by atoms with van der Waals surface area (Å²) in [6.07, 6.45) is 1.09. The van der Waals surface area contributed by atoms with E-state index >= 15 is 0 Å². The topological polar surface area (TPSA) is 12.5 Å². The largest absolute Gasteiger partial charge is 0.383 e. The van der Waals surface area contributed by atoms with Crippen LogP contribution in [0.25, 0.3) is 0 Å². The van der Waals surface area contributed by atoms with Crippen LogP contribution in [0.3, 0.4) is 0 Å². The van der Waals surface area contributed by atoms with Crippen molar-refractivity contribution in [3.05, 3.63) is 29.8 Å². The summed E-state index contributed by atoms with van der Waals surface area (Å²) in [5.41, 5.74) is 2.69. The summed E-state index contributed by atoms with van der Waals surface area (Å²) >= 11 is 0. The molecular weight excluding hydrogens is 186 g/mol. The van der Waals surface area contributed by atoms with E-state index < -0.39 is 0 Å². The van der Waals surface area contributed by atoms with Gasteiger partial charge in [-0.3, -0.25) is 0 Å². The highest BCUT2D eigenvalue weighted by molar-refractivity contribution is 5.48. The SMILES string of the molecule is CCc1cccc(N(CC)CCOC)c1. The fourth-order valence-corrected chi connectivity index (χ4v) is 1.64. The number of aryl methyl sites for hydroxylation is 1. The summed E-state index contributed by atoms with van der Waals surface area (Å²) in [7, 11) is 1.75. The highest BCUT2D eigenvalue weighted by atomic mass is 16.5. The molecule has 0 aliphatic rings. The molecule has 0 aliphatic carbocycles. The van der Waals surface area contributed by atoms with Crippen molar-refractivity contribution in [1.29, 1.82) is 0 Å². The van der Waals surface area contributed by atoms with Gasteiger partial charge in [0.2, 0.25) is 0 Å². The molecule has 0 unspecified atom stereocenters. The van der Waals surface area contributed by atoms with Crippen LogP contribution in [-0.4, -0.2) is 26.8 Å². The number of anilines is 1. The number of nitrogens with zero attached hydrogens (tertiary/aromatic N) is 1. The predicted molar refractivity (Wildman–Crippen MR) is 65.6 cm³/mol. The quantitative estimate of drug-likeness (QED) is 0.711. The third kappa shape index (κ3) is 3.56. The molecule has 0 radical (unpaired) electrons. The first-order valence-corrected chi connectivity index (χ1v) is 5.64. The van der Waals surface area contributed by atoms with Crippen LogP contribution in [0.15, 0.2) is 24.3 Å². The summed E-state index contributed by atoms with van der Waals surface area (Å²) in [6.45, 7) is 7.12. The lowest BCUT2D eigenvalue weighted by Gasteiger charge is -2.23. The molecule has 0 saturated carbocycles. The lowest BCUT2D eigenvalue weighted by atomic mass is 10.1. The molecule has 0 saturated heterocycles. The van der Waals surface area contributed by atoms with Crippen LogP contribution in [0.2, 0.25) is 0 Å². The van der Waals surface area contributed by atoms with Crippen molar-refractivity contribution in [3.8, 4) is 0 Å². The van der Waals surface area contributed by atoms with E-state index in [4.69, 9.17) is 4.74 Å². The minimum absolute atomic E-state index is 0.782. The predicted octanol–water partition coefficient (Wildman–Crippen LogP) is 2.72. The summed E-state index contributed by atoms with van der Waals surface area (Å²) in [4.78, 5) is 2.34. The molecule has 2 heteroatoms. The molecule has 0 N–H and O–H groups in total. The van der Waals surface area contributed by atoms with Crippen LogP contribution in [0.4, 0.5) is 5.69 Å². The molecule has 0 spiro atoms. The molecule has 2 nitrogen and oxygen atoms in total. The van der Waals surface area contributed by atoms with Gasteiger partial charge in [-0.25, -0.2) is 0 Å². The van der Waals surface area contributed by atoms with Crippen molar-refractivity contribution in [2.45, 2.75) is 20.3 Å². The number of likely N-dealkylation sites (N-methyl/N-ethyl adjacent to an activating group) is 1. The second kappa shape index (κ2) is 6.46. The Morgan fingerprint density at radius 2 is 2.07 bits per heavy atom. The zero-order valence-electron chi connectivity index (χ0n) is 9.99. The fraction of sp³-hybridized carbons (Fsp3) is 0.538. The van der Waals surface area contributed by atoms with Gasteiger partial charge in [0, 0.05) is 25.9 Å². The van der Waals surface area contributed by atoms with Crippen LogP contribution < -0.4 is 4.90 Å². The molecular formula is C13H21NO. The summed E-state index contributed by atoms with van der Waals surface area (Å²) < 4.78 is 5.11. The maximum Gasteiger partial charge on any atom is 0.0637 e. The van der Waals surface area contributed by atoms with Gasteiger partial charge in [0.1, 0.15) is 0 Å². The maximum atomic E-state index is 5.11. The zero-order valence-corrected chi connectivity index (χ0v) is 9.99. The average Bonchev–Trinajstić information content (AvgIpc) is 2.30. The lowest BCUT2D eigenvalue weighted by molar-refractivity contribution is 0.205. The lowest BCUT2D eigenvalue weighted by Crippen LogP contribution is -2.26. The number of hydrogen-bond acceptors (Lipinski definition) is 2. The van der Waals surface area contributed by atoms with E-state index in [0.717, 1.165) is 26.1 Å². The van der Waals surface area contributed by atoms with E-state index in [0.29, 0.717) is 0 Å². The fourth-order valence-electron chi connectivity index (χ4n) is 1.64. The standard InChI is InChI=1S/C13H21NO/c1-4-12-7-6-8-13(11-12)14(5-2)9-10-15-3/h6-8,11H,4-5,9-10H2,1-3H3. The summed E-state index contributed by atoms with van der Waals surface area (Å²) in [6, 6.07) is 8.73. The smallest absolute Gasteiger partial charge is 0.0637 e. The number of rotatable bonds is 6. The minimum atomic E-state index is 0.782. The van der Waals surface area contributed by atoms with Gasteiger partial charge in [-0.1, -0.05) is 19.1 Å². The maximum absolute atomic E-state index is 5.11. The van der Waals surface area contributed by atoms with Crippen molar-refractivity contribution >= 4 is 5.69 Å². The molecule has 15 heavy (non-hydrogen) atoms. The Bertz CT molecular complexity index is 286. The van der Waals surface area contributed by atoms with E-state index in [9.17, 15) is 0 Å².